The monoisotopic (exact) mass is 299 g/mol. The van der Waals surface area contributed by atoms with E-state index in [-0.39, 0.29) is 17.6 Å². The van der Waals surface area contributed by atoms with Crippen LogP contribution in [0.2, 0.25) is 0 Å². The van der Waals surface area contributed by atoms with E-state index in [0.717, 1.165) is 17.7 Å². The molecule has 1 unspecified atom stereocenters. The molecule has 1 aromatic carbocycles. The lowest BCUT2D eigenvalue weighted by Gasteiger charge is -2.58. The molecule has 4 atom stereocenters. The number of phenols is 1. The van der Waals surface area contributed by atoms with E-state index in [1.165, 1.54) is 0 Å². The van der Waals surface area contributed by atoms with Crippen LogP contribution in [0.1, 0.15) is 24.5 Å². The third kappa shape index (κ3) is 1.08. The summed E-state index contributed by atoms with van der Waals surface area (Å²) in [6, 6.07) is 3.36. The van der Waals surface area contributed by atoms with E-state index in [4.69, 9.17) is 4.74 Å². The summed E-state index contributed by atoms with van der Waals surface area (Å²) >= 11 is 0. The first-order valence-electron chi connectivity index (χ1n) is 7.70. The maximum absolute atomic E-state index is 12.7. The summed E-state index contributed by atoms with van der Waals surface area (Å²) in [5.74, 6) is 0.346. The average molecular weight is 299 g/mol. The molecular weight excluding hydrogens is 282 g/mol. The number of nitrogens with one attached hydrogen (secondary N) is 1. The van der Waals surface area contributed by atoms with E-state index in [2.05, 4.69) is 5.32 Å². The number of benzene rings is 1. The third-order valence-electron chi connectivity index (χ3n) is 6.00. The molecule has 22 heavy (non-hydrogen) atoms. The van der Waals surface area contributed by atoms with Crippen molar-refractivity contribution < 1.29 is 19.7 Å². The smallest absolute Gasteiger partial charge is 0.199 e. The molecule has 0 aromatic heterocycles. The number of phenolic OH excluding ortho intramolecular Hbond substituents is 1. The lowest BCUT2D eigenvalue weighted by molar-refractivity contribution is -0.140. The van der Waals surface area contributed by atoms with Crippen LogP contribution in [0.4, 0.5) is 0 Å². The van der Waals surface area contributed by atoms with Gasteiger partial charge in [-0.2, -0.15) is 0 Å². The van der Waals surface area contributed by atoms with Gasteiger partial charge in [0.15, 0.2) is 23.4 Å². The first-order chi connectivity index (χ1) is 10.5. The minimum atomic E-state index is -1.15. The zero-order valence-corrected chi connectivity index (χ0v) is 12.2. The predicted molar refractivity (Wildman–Crippen MR) is 78.0 cm³/mol. The summed E-state index contributed by atoms with van der Waals surface area (Å²) in [5.41, 5.74) is 0.501. The summed E-state index contributed by atoms with van der Waals surface area (Å²) in [6.07, 6.45) is 2.25. The van der Waals surface area contributed by atoms with E-state index < -0.39 is 17.1 Å². The van der Waals surface area contributed by atoms with Gasteiger partial charge in [0.2, 0.25) is 0 Å². The van der Waals surface area contributed by atoms with Gasteiger partial charge in [-0.15, -0.1) is 0 Å². The maximum atomic E-state index is 12.7. The van der Waals surface area contributed by atoms with Gasteiger partial charge in [-0.1, -0.05) is 6.07 Å². The summed E-state index contributed by atoms with van der Waals surface area (Å²) in [7, 11) is 0. The quantitative estimate of drug-likeness (QED) is 0.653. The largest absolute Gasteiger partial charge is 0.504 e. The van der Waals surface area contributed by atoms with Gasteiger partial charge < -0.3 is 20.3 Å². The Bertz CT molecular complexity index is 770. The molecule has 0 amide bonds. The van der Waals surface area contributed by atoms with Gasteiger partial charge in [0.25, 0.3) is 0 Å². The van der Waals surface area contributed by atoms with Gasteiger partial charge in [0, 0.05) is 11.6 Å². The molecule has 1 spiro atoms. The van der Waals surface area contributed by atoms with Crippen molar-refractivity contribution in [2.24, 2.45) is 0 Å². The van der Waals surface area contributed by atoms with E-state index in [0.29, 0.717) is 24.2 Å². The van der Waals surface area contributed by atoms with Crippen LogP contribution in [0.25, 0.3) is 0 Å². The topological polar surface area (TPSA) is 78.8 Å². The number of carbonyl (C=O) groups is 1. The van der Waals surface area contributed by atoms with Crippen molar-refractivity contribution in [2.45, 2.75) is 42.9 Å². The molecule has 0 saturated carbocycles. The van der Waals surface area contributed by atoms with Gasteiger partial charge in [-0.25, -0.2) is 0 Å². The Labute approximate surface area is 127 Å². The van der Waals surface area contributed by atoms with Crippen molar-refractivity contribution in [3.05, 3.63) is 34.9 Å². The van der Waals surface area contributed by atoms with E-state index >= 15 is 0 Å². The lowest BCUT2D eigenvalue weighted by Crippen LogP contribution is -2.75. The second-order valence-corrected chi connectivity index (χ2v) is 6.89. The van der Waals surface area contributed by atoms with Crippen LogP contribution in [0, 0.1) is 0 Å². The minimum absolute atomic E-state index is 0.0484. The molecule has 2 aliphatic carbocycles. The van der Waals surface area contributed by atoms with Gasteiger partial charge in [0.05, 0.1) is 5.41 Å². The second kappa shape index (κ2) is 3.55. The molecule has 5 rings (SSSR count). The predicted octanol–water partition coefficient (Wildman–Crippen LogP) is 0.569. The number of carbonyl (C=O) groups excluding carboxylic acids is 1. The van der Waals surface area contributed by atoms with Crippen LogP contribution in [0.5, 0.6) is 11.5 Å². The Hall–Kier alpha value is -1.85. The number of aliphatic hydroxyl groups is 1. The molecule has 1 saturated heterocycles. The second-order valence-electron chi connectivity index (χ2n) is 6.89. The molecule has 3 N–H and O–H groups in total. The highest BCUT2D eigenvalue weighted by Crippen LogP contribution is 2.62. The van der Waals surface area contributed by atoms with Crippen LogP contribution in [-0.2, 0) is 16.6 Å². The number of ether oxygens (including phenoxy) is 1. The van der Waals surface area contributed by atoms with Gasteiger partial charge in [0.1, 0.15) is 5.60 Å². The highest BCUT2D eigenvalue weighted by Gasteiger charge is 2.71. The summed E-state index contributed by atoms with van der Waals surface area (Å²) < 4.78 is 5.93. The number of aromatic hydroxyl groups is 1. The number of hydrogen-bond acceptors (Lipinski definition) is 5. The number of ketones is 1. The third-order valence-corrected chi connectivity index (χ3v) is 6.00. The molecule has 5 nitrogen and oxygen atoms in total. The molecular formula is C17H17NO4. The number of hydrogen-bond donors (Lipinski definition) is 3. The Balaban J connectivity index is 1.92. The number of Topliss-reactive ketones (excluding diaryl/α,β-unsaturated/α-hetero) is 1. The van der Waals surface area contributed by atoms with Crippen molar-refractivity contribution in [3.8, 4) is 11.5 Å². The molecule has 1 aromatic rings. The van der Waals surface area contributed by atoms with Gasteiger partial charge >= 0.3 is 0 Å². The standard InChI is InChI=1S/C17H17NO4/c1-8-7-17(21)11-6-9-2-3-10(19)14-12(9)16(17,4-5-18-11)15(22-14)13(8)20/h2-3,7,11,15,18-19,21H,4-6H2,1H3/t11-,15?,16+,17-/m1/s1. The number of piperidine rings is 1. The summed E-state index contributed by atoms with van der Waals surface area (Å²) in [4.78, 5) is 12.7. The van der Waals surface area contributed by atoms with Crippen LogP contribution in [0.15, 0.2) is 23.8 Å². The first kappa shape index (κ1) is 12.7. The first-order valence-corrected chi connectivity index (χ1v) is 7.70. The normalized spacial score (nSPS) is 40.8. The van der Waals surface area contributed by atoms with Crippen molar-refractivity contribution in [2.75, 3.05) is 6.54 Å². The average Bonchev–Trinajstić information content (AvgIpc) is 2.81. The Morgan fingerprint density at radius 2 is 2.23 bits per heavy atom. The Morgan fingerprint density at radius 1 is 1.41 bits per heavy atom. The lowest BCUT2D eigenvalue weighted by atomic mass is 9.50. The molecule has 0 radical (unpaired) electrons. The van der Waals surface area contributed by atoms with Gasteiger partial charge in [-0.3, -0.25) is 4.79 Å². The summed E-state index contributed by atoms with van der Waals surface area (Å²) in [5, 5.41) is 25.1. The zero-order chi connectivity index (χ0) is 15.3. The fourth-order valence-electron chi connectivity index (χ4n) is 5.08. The Kier molecular flexibility index (Phi) is 2.04. The van der Waals surface area contributed by atoms with Crippen LogP contribution in [-0.4, -0.2) is 40.3 Å². The van der Waals surface area contributed by atoms with E-state index in [1.807, 2.05) is 6.07 Å². The van der Waals surface area contributed by atoms with Crippen LogP contribution < -0.4 is 10.1 Å². The maximum Gasteiger partial charge on any atom is 0.199 e. The zero-order valence-electron chi connectivity index (χ0n) is 12.2. The molecule has 114 valence electrons. The fraction of sp³-hybridized carbons (Fsp3) is 0.471. The Morgan fingerprint density at radius 3 is 3.05 bits per heavy atom. The van der Waals surface area contributed by atoms with E-state index in [9.17, 15) is 15.0 Å². The van der Waals surface area contributed by atoms with Crippen molar-refractivity contribution in [3.63, 3.8) is 0 Å². The fourth-order valence-corrected chi connectivity index (χ4v) is 5.08. The molecule has 2 aliphatic heterocycles. The summed E-state index contributed by atoms with van der Waals surface area (Å²) in [6.45, 7) is 2.45. The highest BCUT2D eigenvalue weighted by atomic mass is 16.5. The SMILES string of the molecule is CC1=C[C@@]2(O)[C@H]3Cc4ccc(O)c5c4[C@@]2(CCN3)C(O5)C1=O. The molecule has 1 fully saturated rings. The molecule has 5 heteroatoms. The van der Waals surface area contributed by atoms with Crippen molar-refractivity contribution in [1.29, 1.82) is 0 Å². The van der Waals surface area contributed by atoms with Gasteiger partial charge in [-0.05, 0) is 49.6 Å². The molecule has 2 bridgehead atoms. The van der Waals surface area contributed by atoms with Crippen molar-refractivity contribution >= 4 is 5.78 Å². The van der Waals surface area contributed by atoms with Crippen LogP contribution >= 0.6 is 0 Å². The number of rotatable bonds is 0. The van der Waals surface area contributed by atoms with E-state index in [1.54, 1.807) is 19.1 Å². The minimum Gasteiger partial charge on any atom is -0.504 e. The van der Waals surface area contributed by atoms with Crippen molar-refractivity contribution in [1.82, 2.24) is 5.32 Å². The molecule has 2 heterocycles. The van der Waals surface area contributed by atoms with Crippen LogP contribution in [0.3, 0.4) is 0 Å². The highest BCUT2D eigenvalue weighted by molar-refractivity contribution is 6.03. The molecule has 4 aliphatic rings.